The molecule has 1 aliphatic heterocycles. The van der Waals surface area contributed by atoms with Gasteiger partial charge in [-0.1, -0.05) is 18.2 Å². The Morgan fingerprint density at radius 3 is 3.10 bits per heavy atom. The average molecular weight is 267 g/mol. The maximum Gasteiger partial charge on any atom is 0.245 e. The largest absolute Gasteiger partial charge is 0.366 e. The number of nitrogens with one attached hydrogen (secondary N) is 1. The number of hydrogen-bond acceptors (Lipinski definition) is 2. The van der Waals surface area contributed by atoms with Gasteiger partial charge in [-0.2, -0.15) is 0 Å². The number of aromatic amines is 1. The lowest BCUT2D eigenvalue weighted by atomic mass is 9.76. The highest BCUT2D eigenvalue weighted by Crippen LogP contribution is 2.41. The quantitative estimate of drug-likeness (QED) is 0.823. The lowest BCUT2D eigenvalue weighted by Crippen LogP contribution is -2.45. The van der Waals surface area contributed by atoms with Gasteiger partial charge in [-0.3, -0.25) is 9.69 Å². The van der Waals surface area contributed by atoms with Gasteiger partial charge in [0, 0.05) is 41.2 Å². The molecule has 2 heterocycles. The highest BCUT2D eigenvalue weighted by Gasteiger charge is 2.36. The smallest absolute Gasteiger partial charge is 0.245 e. The van der Waals surface area contributed by atoms with Crippen molar-refractivity contribution in [2.24, 2.45) is 5.73 Å². The van der Waals surface area contributed by atoms with E-state index in [1.54, 1.807) is 0 Å². The summed E-state index contributed by atoms with van der Waals surface area (Å²) in [5, 5.41) is 1.32. The fourth-order valence-corrected chi connectivity index (χ4v) is 3.73. The van der Waals surface area contributed by atoms with Crippen LogP contribution >= 0.6 is 0 Å². The van der Waals surface area contributed by atoms with E-state index in [0.717, 1.165) is 12.0 Å². The van der Waals surface area contributed by atoms with Crippen molar-refractivity contribution in [3.05, 3.63) is 47.2 Å². The first kappa shape index (κ1) is 11.7. The second kappa shape index (κ2) is 3.96. The number of fused-ring (bicyclic) bond motifs is 2. The molecular formula is C16H17N3O. The molecule has 0 saturated heterocycles. The van der Waals surface area contributed by atoms with Crippen molar-refractivity contribution < 1.29 is 4.79 Å². The molecule has 0 saturated carbocycles. The van der Waals surface area contributed by atoms with Crippen molar-refractivity contribution in [2.75, 3.05) is 13.6 Å². The Kier molecular flexibility index (Phi) is 2.32. The Morgan fingerprint density at radius 1 is 1.45 bits per heavy atom. The van der Waals surface area contributed by atoms with Crippen LogP contribution in [0.1, 0.15) is 17.0 Å². The first-order chi connectivity index (χ1) is 9.65. The van der Waals surface area contributed by atoms with Gasteiger partial charge in [0.2, 0.25) is 5.91 Å². The minimum Gasteiger partial charge on any atom is -0.366 e. The van der Waals surface area contributed by atoms with Crippen LogP contribution in [-0.2, 0) is 11.2 Å². The molecule has 1 aromatic heterocycles. The van der Waals surface area contributed by atoms with Gasteiger partial charge in [0.05, 0.1) is 0 Å². The predicted octanol–water partition coefficient (Wildman–Crippen LogP) is 1.53. The molecule has 1 aromatic carbocycles. The molecule has 102 valence electrons. The minimum atomic E-state index is -0.303. The van der Waals surface area contributed by atoms with Gasteiger partial charge >= 0.3 is 0 Å². The van der Waals surface area contributed by atoms with Crippen LogP contribution in [0.25, 0.3) is 10.9 Å². The summed E-state index contributed by atoms with van der Waals surface area (Å²) < 4.78 is 0. The minimum absolute atomic E-state index is 0.253. The average Bonchev–Trinajstić information content (AvgIpc) is 2.84. The molecule has 0 radical (unpaired) electrons. The summed E-state index contributed by atoms with van der Waals surface area (Å²) in [6, 6.07) is 6.76. The summed E-state index contributed by atoms with van der Waals surface area (Å²) >= 11 is 0. The van der Waals surface area contributed by atoms with Crippen LogP contribution in [0.5, 0.6) is 0 Å². The Hall–Kier alpha value is -2.07. The van der Waals surface area contributed by atoms with Crippen LogP contribution in [0.15, 0.2) is 36.0 Å². The topological polar surface area (TPSA) is 62.1 Å². The number of carbonyl (C=O) groups excluding carboxylic acids is 1. The van der Waals surface area contributed by atoms with Gasteiger partial charge < -0.3 is 10.7 Å². The molecule has 20 heavy (non-hydrogen) atoms. The molecule has 2 aromatic rings. The first-order valence-electron chi connectivity index (χ1n) is 6.95. The Morgan fingerprint density at radius 2 is 2.30 bits per heavy atom. The van der Waals surface area contributed by atoms with E-state index in [0.29, 0.717) is 12.6 Å². The molecule has 0 bridgehead atoms. The van der Waals surface area contributed by atoms with Crippen LogP contribution in [0, 0.1) is 0 Å². The summed E-state index contributed by atoms with van der Waals surface area (Å²) in [7, 11) is 2.07. The van der Waals surface area contributed by atoms with Crippen LogP contribution in [0.2, 0.25) is 0 Å². The first-order valence-corrected chi connectivity index (χ1v) is 6.95. The van der Waals surface area contributed by atoms with E-state index in [-0.39, 0.29) is 11.8 Å². The van der Waals surface area contributed by atoms with E-state index in [1.807, 2.05) is 0 Å². The van der Waals surface area contributed by atoms with E-state index in [2.05, 4.69) is 47.4 Å². The third-order valence-electron chi connectivity index (χ3n) is 4.71. The zero-order valence-corrected chi connectivity index (χ0v) is 11.4. The van der Waals surface area contributed by atoms with Crippen LogP contribution < -0.4 is 5.73 Å². The number of aromatic nitrogens is 1. The van der Waals surface area contributed by atoms with Crippen LogP contribution in [0.4, 0.5) is 0 Å². The third kappa shape index (κ3) is 1.48. The number of nitrogens with two attached hydrogens (primary N) is 1. The van der Waals surface area contributed by atoms with Crippen molar-refractivity contribution in [3.63, 3.8) is 0 Å². The highest BCUT2D eigenvalue weighted by atomic mass is 16.1. The van der Waals surface area contributed by atoms with E-state index in [9.17, 15) is 4.79 Å². The number of nitrogens with zero attached hydrogens (tertiary/aromatic N) is 1. The second-order valence-electron chi connectivity index (χ2n) is 5.85. The van der Waals surface area contributed by atoms with Gasteiger partial charge in [0.25, 0.3) is 0 Å². The van der Waals surface area contributed by atoms with Crippen LogP contribution in [0.3, 0.4) is 0 Å². The van der Waals surface area contributed by atoms with Gasteiger partial charge in [0.1, 0.15) is 0 Å². The van der Waals surface area contributed by atoms with E-state index < -0.39 is 0 Å². The summed E-state index contributed by atoms with van der Waals surface area (Å²) in [4.78, 5) is 17.1. The number of amides is 1. The van der Waals surface area contributed by atoms with Crippen molar-refractivity contribution in [2.45, 2.75) is 18.4 Å². The van der Waals surface area contributed by atoms with E-state index >= 15 is 0 Å². The molecule has 3 N–H and O–H groups in total. The summed E-state index contributed by atoms with van der Waals surface area (Å²) in [5.41, 5.74) is 10.1. The number of carbonyl (C=O) groups is 1. The molecule has 2 atom stereocenters. The van der Waals surface area contributed by atoms with Gasteiger partial charge in [-0.15, -0.1) is 0 Å². The zero-order chi connectivity index (χ0) is 13.9. The van der Waals surface area contributed by atoms with Crippen LogP contribution in [-0.4, -0.2) is 35.4 Å². The molecule has 1 amide bonds. The van der Waals surface area contributed by atoms with Gasteiger partial charge in [0.15, 0.2) is 0 Å². The van der Waals surface area contributed by atoms with Gasteiger partial charge in [-0.05, 0) is 30.7 Å². The lowest BCUT2D eigenvalue weighted by Gasteiger charge is -2.40. The lowest BCUT2D eigenvalue weighted by molar-refractivity contribution is -0.115. The fourth-order valence-electron chi connectivity index (χ4n) is 3.73. The summed E-state index contributed by atoms with van der Waals surface area (Å²) in [6.07, 6.45) is 5.21. The molecule has 4 heteroatoms. The molecule has 1 aliphatic carbocycles. The van der Waals surface area contributed by atoms with Crippen molar-refractivity contribution in [1.29, 1.82) is 0 Å². The van der Waals surface area contributed by atoms with E-state index in [1.165, 1.54) is 22.0 Å². The monoisotopic (exact) mass is 267 g/mol. The number of primary amides is 1. The summed E-state index contributed by atoms with van der Waals surface area (Å²) in [5.74, 6) is -0.0504. The number of likely N-dealkylation sites (N-methyl/N-ethyl adjacent to an activating group) is 1. The highest BCUT2D eigenvalue weighted by molar-refractivity contribution is 5.94. The molecule has 0 spiro atoms. The number of H-pyrrole nitrogens is 1. The number of benzene rings is 1. The molecule has 0 fully saturated rings. The zero-order valence-electron chi connectivity index (χ0n) is 11.4. The van der Waals surface area contributed by atoms with E-state index in [4.69, 9.17) is 5.73 Å². The molecule has 2 aliphatic rings. The SMILES string of the molecule is CN1CC(C(N)=O)=CC2c3cccc4[nH]cc(c34)CC21. The molecular weight excluding hydrogens is 250 g/mol. The molecule has 4 rings (SSSR count). The predicted molar refractivity (Wildman–Crippen MR) is 78.4 cm³/mol. The van der Waals surface area contributed by atoms with Crippen molar-refractivity contribution >= 4 is 16.8 Å². The Balaban J connectivity index is 1.94. The Bertz CT molecular complexity index is 743. The fraction of sp³-hybridized carbons (Fsp3) is 0.312. The standard InChI is InChI=1S/C16H17N3O/c1-19-8-10(16(17)20)5-12-11-3-2-4-13-15(11)9(7-18-13)6-14(12)19/h2-5,7,12,14,18H,6,8H2,1H3,(H2,17,20). The number of hydrogen-bond donors (Lipinski definition) is 2. The van der Waals surface area contributed by atoms with Crippen molar-refractivity contribution in [3.8, 4) is 0 Å². The molecule has 2 unspecified atom stereocenters. The third-order valence-corrected chi connectivity index (χ3v) is 4.71. The van der Waals surface area contributed by atoms with Gasteiger partial charge in [-0.25, -0.2) is 0 Å². The Labute approximate surface area is 117 Å². The molecule has 4 nitrogen and oxygen atoms in total. The second-order valence-corrected chi connectivity index (χ2v) is 5.85. The summed E-state index contributed by atoms with van der Waals surface area (Å²) in [6.45, 7) is 0.645. The maximum atomic E-state index is 11.5. The normalized spacial score (nSPS) is 25.4. The maximum absolute atomic E-state index is 11.5. The van der Waals surface area contributed by atoms with Crippen molar-refractivity contribution in [1.82, 2.24) is 9.88 Å². The number of rotatable bonds is 1.